The molecule has 0 spiro atoms. The Labute approximate surface area is 115 Å². The van der Waals surface area contributed by atoms with Crippen LogP contribution < -0.4 is 5.32 Å². The van der Waals surface area contributed by atoms with Crippen molar-refractivity contribution in [2.75, 3.05) is 6.54 Å². The molecule has 0 aromatic carbocycles. The minimum Gasteiger partial charge on any atom is -0.480 e. The van der Waals surface area contributed by atoms with E-state index in [0.717, 1.165) is 32.2 Å². The minimum atomic E-state index is -1.13. The molecule has 19 heavy (non-hydrogen) atoms. The molecule has 0 radical (unpaired) electrons. The van der Waals surface area contributed by atoms with Crippen molar-refractivity contribution in [1.29, 1.82) is 0 Å². The molecular formula is C14H26N2O3. The average molecular weight is 270 g/mol. The second-order valence-corrected chi connectivity index (χ2v) is 5.28. The molecule has 0 aromatic rings. The van der Waals surface area contributed by atoms with Crippen molar-refractivity contribution in [3.05, 3.63) is 0 Å². The molecule has 0 aliphatic carbocycles. The SMILES string of the molecule is CCC1CCCCN1C(=O)NC(CC)(CC)C(=O)O. The first-order valence-corrected chi connectivity index (χ1v) is 7.32. The summed E-state index contributed by atoms with van der Waals surface area (Å²) < 4.78 is 0. The summed E-state index contributed by atoms with van der Waals surface area (Å²) >= 11 is 0. The lowest BCUT2D eigenvalue weighted by atomic mass is 9.93. The summed E-state index contributed by atoms with van der Waals surface area (Å²) in [7, 11) is 0. The highest BCUT2D eigenvalue weighted by atomic mass is 16.4. The predicted molar refractivity (Wildman–Crippen MR) is 74.1 cm³/mol. The summed E-state index contributed by atoms with van der Waals surface area (Å²) in [6, 6.07) is 0.0200. The summed E-state index contributed by atoms with van der Waals surface area (Å²) in [5.74, 6) is -0.948. The number of carboxylic acid groups (broad SMARTS) is 1. The predicted octanol–water partition coefficient (Wildman–Crippen LogP) is 2.60. The summed E-state index contributed by atoms with van der Waals surface area (Å²) in [5, 5.41) is 12.1. The van der Waals surface area contributed by atoms with Crippen molar-refractivity contribution in [3.8, 4) is 0 Å². The van der Waals surface area contributed by atoms with E-state index < -0.39 is 11.5 Å². The van der Waals surface area contributed by atoms with Crippen molar-refractivity contribution < 1.29 is 14.7 Å². The molecule has 5 nitrogen and oxygen atoms in total. The van der Waals surface area contributed by atoms with Gasteiger partial charge in [-0.15, -0.1) is 0 Å². The standard InChI is InChI=1S/C14H26N2O3/c1-4-11-9-7-8-10-16(11)13(19)15-14(5-2,6-3)12(17)18/h11H,4-10H2,1-3H3,(H,15,19)(H,17,18). The first kappa shape index (κ1) is 15.8. The molecule has 0 aromatic heterocycles. The number of amides is 2. The number of piperidine rings is 1. The highest BCUT2D eigenvalue weighted by Gasteiger charge is 2.38. The Morgan fingerprint density at radius 2 is 1.89 bits per heavy atom. The zero-order chi connectivity index (χ0) is 14.5. The van der Waals surface area contributed by atoms with Crippen LogP contribution in [0.2, 0.25) is 0 Å². The molecule has 2 amide bonds. The number of hydrogen-bond acceptors (Lipinski definition) is 2. The average Bonchev–Trinajstić information content (AvgIpc) is 2.44. The Morgan fingerprint density at radius 1 is 1.26 bits per heavy atom. The van der Waals surface area contributed by atoms with Gasteiger partial charge in [-0.1, -0.05) is 20.8 Å². The van der Waals surface area contributed by atoms with Gasteiger partial charge in [-0.25, -0.2) is 9.59 Å². The fraction of sp³-hybridized carbons (Fsp3) is 0.857. The molecule has 110 valence electrons. The minimum absolute atomic E-state index is 0.224. The number of aliphatic carboxylic acids is 1. The van der Waals surface area contributed by atoms with E-state index in [1.54, 1.807) is 13.8 Å². The summed E-state index contributed by atoms with van der Waals surface area (Å²) in [4.78, 5) is 25.6. The quantitative estimate of drug-likeness (QED) is 0.806. The van der Waals surface area contributed by atoms with E-state index in [1.807, 2.05) is 4.90 Å². The number of nitrogens with one attached hydrogen (secondary N) is 1. The number of carbonyl (C=O) groups is 2. The van der Waals surface area contributed by atoms with E-state index in [9.17, 15) is 14.7 Å². The Balaban J connectivity index is 2.78. The number of rotatable bonds is 5. The maximum Gasteiger partial charge on any atom is 0.329 e. The van der Waals surface area contributed by atoms with Gasteiger partial charge in [-0.05, 0) is 38.5 Å². The smallest absolute Gasteiger partial charge is 0.329 e. The van der Waals surface area contributed by atoms with Gasteiger partial charge in [0.15, 0.2) is 0 Å². The molecule has 1 heterocycles. The molecule has 1 fully saturated rings. The second kappa shape index (κ2) is 6.78. The lowest BCUT2D eigenvalue weighted by Crippen LogP contribution is -2.59. The fourth-order valence-electron chi connectivity index (χ4n) is 2.75. The second-order valence-electron chi connectivity index (χ2n) is 5.28. The van der Waals surface area contributed by atoms with Gasteiger partial charge in [0.2, 0.25) is 0 Å². The number of carbonyl (C=O) groups excluding carboxylic acids is 1. The van der Waals surface area contributed by atoms with Gasteiger partial charge < -0.3 is 15.3 Å². The monoisotopic (exact) mass is 270 g/mol. The van der Waals surface area contributed by atoms with Crippen LogP contribution in [0.3, 0.4) is 0 Å². The van der Waals surface area contributed by atoms with Crippen molar-refractivity contribution in [2.45, 2.75) is 70.9 Å². The molecule has 0 saturated carbocycles. The van der Waals surface area contributed by atoms with Crippen LogP contribution in [-0.4, -0.2) is 40.1 Å². The fourth-order valence-corrected chi connectivity index (χ4v) is 2.75. The Hall–Kier alpha value is -1.26. The summed E-state index contributed by atoms with van der Waals surface area (Å²) in [6.45, 7) is 6.39. The van der Waals surface area contributed by atoms with E-state index in [1.165, 1.54) is 0 Å². The normalized spacial score (nSPS) is 20.2. The number of urea groups is 1. The van der Waals surface area contributed by atoms with E-state index in [-0.39, 0.29) is 12.1 Å². The maximum absolute atomic E-state index is 12.4. The molecular weight excluding hydrogens is 244 g/mol. The van der Waals surface area contributed by atoms with Gasteiger partial charge in [0, 0.05) is 12.6 Å². The van der Waals surface area contributed by atoms with Crippen molar-refractivity contribution >= 4 is 12.0 Å². The number of hydrogen-bond donors (Lipinski definition) is 2. The molecule has 1 aliphatic rings. The first-order valence-electron chi connectivity index (χ1n) is 7.32. The summed E-state index contributed by atoms with van der Waals surface area (Å²) in [6.07, 6.45) is 4.88. The Bertz CT molecular complexity index is 327. The molecule has 0 bridgehead atoms. The van der Waals surface area contributed by atoms with Crippen LogP contribution in [0.5, 0.6) is 0 Å². The van der Waals surface area contributed by atoms with Crippen LogP contribution in [0, 0.1) is 0 Å². The molecule has 1 unspecified atom stereocenters. The molecule has 1 aliphatic heterocycles. The van der Waals surface area contributed by atoms with Crippen molar-refractivity contribution in [2.24, 2.45) is 0 Å². The maximum atomic E-state index is 12.4. The van der Waals surface area contributed by atoms with Gasteiger partial charge in [-0.3, -0.25) is 0 Å². The number of carboxylic acids is 1. The highest BCUT2D eigenvalue weighted by molar-refractivity contribution is 5.86. The van der Waals surface area contributed by atoms with E-state index >= 15 is 0 Å². The van der Waals surface area contributed by atoms with Crippen LogP contribution in [0.25, 0.3) is 0 Å². The van der Waals surface area contributed by atoms with Gasteiger partial charge in [0.1, 0.15) is 5.54 Å². The number of likely N-dealkylation sites (tertiary alicyclic amines) is 1. The third kappa shape index (κ3) is 3.39. The molecule has 2 N–H and O–H groups in total. The lowest BCUT2D eigenvalue weighted by Gasteiger charge is -2.38. The number of nitrogens with zero attached hydrogens (tertiary/aromatic N) is 1. The van der Waals surface area contributed by atoms with Gasteiger partial charge in [0.25, 0.3) is 0 Å². The highest BCUT2D eigenvalue weighted by Crippen LogP contribution is 2.22. The van der Waals surface area contributed by atoms with Crippen LogP contribution >= 0.6 is 0 Å². The van der Waals surface area contributed by atoms with Crippen molar-refractivity contribution in [1.82, 2.24) is 10.2 Å². The molecule has 1 saturated heterocycles. The largest absolute Gasteiger partial charge is 0.480 e. The van der Waals surface area contributed by atoms with Crippen LogP contribution in [0.1, 0.15) is 59.3 Å². The Kier molecular flexibility index (Phi) is 5.63. The summed E-state index contributed by atoms with van der Waals surface area (Å²) in [5.41, 5.74) is -1.13. The van der Waals surface area contributed by atoms with E-state index in [2.05, 4.69) is 12.2 Å². The van der Waals surface area contributed by atoms with Gasteiger partial charge in [-0.2, -0.15) is 0 Å². The lowest BCUT2D eigenvalue weighted by molar-refractivity contribution is -0.144. The third-order valence-electron chi connectivity index (χ3n) is 4.32. The van der Waals surface area contributed by atoms with Crippen LogP contribution in [0.15, 0.2) is 0 Å². The topological polar surface area (TPSA) is 69.6 Å². The van der Waals surface area contributed by atoms with Crippen LogP contribution in [-0.2, 0) is 4.79 Å². The van der Waals surface area contributed by atoms with Crippen molar-refractivity contribution in [3.63, 3.8) is 0 Å². The van der Waals surface area contributed by atoms with E-state index in [0.29, 0.717) is 12.8 Å². The first-order chi connectivity index (χ1) is 9.00. The molecule has 1 rings (SSSR count). The van der Waals surface area contributed by atoms with Crippen LogP contribution in [0.4, 0.5) is 4.79 Å². The third-order valence-corrected chi connectivity index (χ3v) is 4.32. The zero-order valence-electron chi connectivity index (χ0n) is 12.2. The zero-order valence-corrected chi connectivity index (χ0v) is 12.2. The van der Waals surface area contributed by atoms with E-state index in [4.69, 9.17) is 0 Å². The molecule has 5 heteroatoms. The Morgan fingerprint density at radius 3 is 2.37 bits per heavy atom. The van der Waals surface area contributed by atoms with Gasteiger partial charge >= 0.3 is 12.0 Å². The van der Waals surface area contributed by atoms with Gasteiger partial charge in [0.05, 0.1) is 0 Å². The molecule has 1 atom stereocenters.